The summed E-state index contributed by atoms with van der Waals surface area (Å²) in [5, 5.41) is 3.09. The van der Waals surface area contributed by atoms with Gasteiger partial charge in [0, 0.05) is 19.2 Å². The number of H-pyrrole nitrogens is 1. The molecule has 2 aromatic heterocycles. The van der Waals surface area contributed by atoms with Crippen LogP contribution in [0.25, 0.3) is 5.95 Å². The van der Waals surface area contributed by atoms with E-state index >= 15 is 0 Å². The van der Waals surface area contributed by atoms with Crippen LogP contribution in [0, 0.1) is 6.92 Å². The van der Waals surface area contributed by atoms with Gasteiger partial charge in [-0.05, 0) is 43.9 Å². The Morgan fingerprint density at radius 2 is 2.19 bits per heavy atom. The quantitative estimate of drug-likeness (QED) is 0.585. The number of aryl methyl sites for hydroxylation is 1. The van der Waals surface area contributed by atoms with Gasteiger partial charge in [0.05, 0.1) is 12.4 Å². The highest BCUT2D eigenvalue weighted by atomic mass is 16.7. The van der Waals surface area contributed by atoms with Crippen molar-refractivity contribution >= 4 is 11.7 Å². The molecule has 1 fully saturated rings. The van der Waals surface area contributed by atoms with Crippen LogP contribution in [0.15, 0.2) is 43.0 Å². The number of ether oxygens (including phenoxy) is 2. The summed E-state index contributed by atoms with van der Waals surface area (Å²) in [6.07, 6.45) is 7.97. The van der Waals surface area contributed by atoms with Crippen LogP contribution in [0.2, 0.25) is 0 Å². The first-order valence-corrected chi connectivity index (χ1v) is 10.5. The molecule has 1 atom stereocenters. The molecule has 9 heteroatoms. The maximum absolute atomic E-state index is 13.0. The van der Waals surface area contributed by atoms with Crippen LogP contribution in [0.5, 0.6) is 11.5 Å². The van der Waals surface area contributed by atoms with Gasteiger partial charge in [0.25, 0.3) is 0 Å². The van der Waals surface area contributed by atoms with E-state index in [2.05, 4.69) is 20.2 Å². The highest BCUT2D eigenvalue weighted by Crippen LogP contribution is 2.32. The van der Waals surface area contributed by atoms with Crippen molar-refractivity contribution in [1.29, 1.82) is 0 Å². The lowest BCUT2D eigenvalue weighted by Gasteiger charge is -2.23. The summed E-state index contributed by atoms with van der Waals surface area (Å²) < 4.78 is 12.6. The van der Waals surface area contributed by atoms with Crippen LogP contribution >= 0.6 is 0 Å². The van der Waals surface area contributed by atoms with E-state index in [-0.39, 0.29) is 18.7 Å². The van der Waals surface area contributed by atoms with Gasteiger partial charge < -0.3 is 19.7 Å². The van der Waals surface area contributed by atoms with Crippen molar-refractivity contribution in [3.8, 4) is 17.4 Å². The Balaban J connectivity index is 1.24. The minimum Gasteiger partial charge on any atom is -0.454 e. The predicted molar refractivity (Wildman–Crippen MR) is 112 cm³/mol. The van der Waals surface area contributed by atoms with Gasteiger partial charge in [0.15, 0.2) is 23.6 Å². The van der Waals surface area contributed by atoms with Crippen molar-refractivity contribution in [2.45, 2.75) is 32.2 Å². The number of carbonyl (C=O) groups excluding carboxylic acids is 1. The second-order valence-electron chi connectivity index (χ2n) is 7.77. The zero-order valence-corrected chi connectivity index (χ0v) is 17.4. The normalized spacial score (nSPS) is 17.2. The van der Waals surface area contributed by atoms with E-state index in [0.717, 1.165) is 54.4 Å². The van der Waals surface area contributed by atoms with Gasteiger partial charge in [0.1, 0.15) is 11.7 Å². The van der Waals surface area contributed by atoms with Crippen LogP contribution in [-0.4, -0.2) is 46.8 Å². The lowest BCUT2D eigenvalue weighted by molar-refractivity contribution is -0.602. The highest BCUT2D eigenvalue weighted by Gasteiger charge is 2.33. The van der Waals surface area contributed by atoms with Gasteiger partial charge in [0.2, 0.25) is 12.7 Å². The van der Waals surface area contributed by atoms with Crippen molar-refractivity contribution < 1.29 is 18.8 Å². The molecule has 2 N–H and O–H groups in total. The summed E-state index contributed by atoms with van der Waals surface area (Å²) in [5.74, 6) is 2.94. The Labute approximate surface area is 180 Å². The molecule has 5 rings (SSSR count). The maximum atomic E-state index is 13.0. The van der Waals surface area contributed by atoms with Gasteiger partial charge in [-0.1, -0.05) is 11.1 Å². The Hall–Kier alpha value is -3.62. The average Bonchev–Trinajstić information content (AvgIpc) is 3.54. The summed E-state index contributed by atoms with van der Waals surface area (Å²) in [6, 6.07) is 7.60. The van der Waals surface area contributed by atoms with E-state index < -0.39 is 0 Å². The summed E-state index contributed by atoms with van der Waals surface area (Å²) in [7, 11) is 0. The number of nitrogens with zero attached hydrogens (tertiary/aromatic N) is 4. The highest BCUT2D eigenvalue weighted by molar-refractivity contribution is 5.85. The SMILES string of the molecule is Cc1cc(N2CCC[C@@H]2C(=O)NCCc2ccc3c(c2)OCO3)nc(-[n+]2cc[nH]c2)n1. The molecule has 31 heavy (non-hydrogen) atoms. The molecule has 0 radical (unpaired) electrons. The Kier molecular flexibility index (Phi) is 5.15. The smallest absolute Gasteiger partial charge is 0.391 e. The van der Waals surface area contributed by atoms with Gasteiger partial charge in [-0.2, -0.15) is 4.57 Å². The molecule has 0 unspecified atom stereocenters. The number of benzene rings is 1. The summed E-state index contributed by atoms with van der Waals surface area (Å²) in [4.78, 5) is 27.3. The maximum Gasteiger partial charge on any atom is 0.391 e. The molecule has 160 valence electrons. The monoisotopic (exact) mass is 421 g/mol. The molecule has 1 aromatic carbocycles. The van der Waals surface area contributed by atoms with Gasteiger partial charge >= 0.3 is 5.95 Å². The van der Waals surface area contributed by atoms with E-state index in [1.54, 1.807) is 6.33 Å². The van der Waals surface area contributed by atoms with Crippen LogP contribution in [0.1, 0.15) is 24.1 Å². The Bertz CT molecular complexity index is 1080. The fourth-order valence-electron chi connectivity index (χ4n) is 4.07. The molecule has 2 aliphatic heterocycles. The summed E-state index contributed by atoms with van der Waals surface area (Å²) in [6.45, 7) is 3.57. The standard InChI is InChI=1S/C22H24N6O3/c1-15-11-20(26-22(25-15)27-10-8-23-13-27)28-9-2-3-17(28)21(29)24-7-6-16-4-5-18-19(12-16)31-14-30-18/h4-5,8,10-13,17H,2-3,6-7,9,14H2,1H3,(H,24,29)/p+1/t17-/m1/s1. The molecule has 1 saturated heterocycles. The van der Waals surface area contributed by atoms with Gasteiger partial charge in [-0.25, -0.2) is 0 Å². The average molecular weight is 421 g/mol. The Morgan fingerprint density at radius 3 is 3.06 bits per heavy atom. The molecule has 0 aliphatic carbocycles. The first kappa shape index (κ1) is 19.3. The van der Waals surface area contributed by atoms with E-state index in [1.165, 1.54) is 0 Å². The molecule has 0 bridgehead atoms. The number of fused-ring (bicyclic) bond motifs is 1. The summed E-state index contributed by atoms with van der Waals surface area (Å²) in [5.41, 5.74) is 1.97. The largest absolute Gasteiger partial charge is 0.454 e. The number of aromatic amines is 1. The van der Waals surface area contributed by atoms with E-state index in [9.17, 15) is 4.79 Å². The molecule has 3 aromatic rings. The number of amides is 1. The molecule has 9 nitrogen and oxygen atoms in total. The number of carbonyl (C=O) groups is 1. The molecule has 0 spiro atoms. The zero-order valence-electron chi connectivity index (χ0n) is 17.4. The fraction of sp³-hybridized carbons (Fsp3) is 0.364. The third-order valence-electron chi connectivity index (χ3n) is 5.60. The molecular weight excluding hydrogens is 396 g/mol. The number of nitrogens with one attached hydrogen (secondary N) is 2. The van der Waals surface area contributed by atoms with E-state index in [4.69, 9.17) is 14.5 Å². The molecule has 1 amide bonds. The number of hydrogen-bond acceptors (Lipinski definition) is 6. The molecule has 2 aliphatic rings. The number of aromatic nitrogens is 4. The minimum atomic E-state index is -0.227. The van der Waals surface area contributed by atoms with Crippen molar-refractivity contribution in [3.05, 3.63) is 54.2 Å². The third kappa shape index (κ3) is 4.03. The number of rotatable bonds is 6. The molecule has 4 heterocycles. The van der Waals surface area contributed by atoms with Crippen LogP contribution in [-0.2, 0) is 11.2 Å². The first-order chi connectivity index (χ1) is 15.2. The van der Waals surface area contributed by atoms with Gasteiger partial charge in [-0.3, -0.25) is 9.78 Å². The van der Waals surface area contributed by atoms with Crippen LogP contribution in [0.3, 0.4) is 0 Å². The van der Waals surface area contributed by atoms with E-state index in [0.29, 0.717) is 12.5 Å². The van der Waals surface area contributed by atoms with Crippen molar-refractivity contribution in [1.82, 2.24) is 20.3 Å². The first-order valence-electron chi connectivity index (χ1n) is 10.5. The topological polar surface area (TPSA) is 96.3 Å². The second kappa shape index (κ2) is 8.25. The van der Waals surface area contributed by atoms with Crippen LogP contribution < -0.4 is 24.3 Å². The zero-order chi connectivity index (χ0) is 21.2. The third-order valence-corrected chi connectivity index (χ3v) is 5.60. The van der Waals surface area contributed by atoms with Crippen molar-refractivity contribution in [2.75, 3.05) is 24.8 Å². The lowest BCUT2D eigenvalue weighted by Crippen LogP contribution is -2.44. The predicted octanol–water partition coefficient (Wildman–Crippen LogP) is 1.45. The van der Waals surface area contributed by atoms with Crippen LogP contribution in [0.4, 0.5) is 5.82 Å². The second-order valence-corrected chi connectivity index (χ2v) is 7.77. The molecular formula is C22H25N6O3+. The van der Waals surface area contributed by atoms with Crippen molar-refractivity contribution in [2.24, 2.45) is 0 Å². The van der Waals surface area contributed by atoms with Gasteiger partial charge in [-0.15, -0.1) is 4.98 Å². The van der Waals surface area contributed by atoms with E-state index in [1.807, 2.05) is 48.1 Å². The molecule has 0 saturated carbocycles. The number of anilines is 1. The van der Waals surface area contributed by atoms with Crippen molar-refractivity contribution in [3.63, 3.8) is 0 Å². The summed E-state index contributed by atoms with van der Waals surface area (Å²) >= 11 is 0. The number of hydrogen-bond donors (Lipinski definition) is 2. The fourth-order valence-corrected chi connectivity index (χ4v) is 4.07. The number of imidazole rings is 1. The Morgan fingerprint density at radius 1 is 1.29 bits per heavy atom. The lowest BCUT2D eigenvalue weighted by atomic mass is 10.1. The minimum absolute atomic E-state index is 0.0327.